The molecule has 3 rings (SSSR count). The Morgan fingerprint density at radius 3 is 2.64 bits per heavy atom. The van der Waals surface area contributed by atoms with Crippen LogP contribution >= 0.6 is 0 Å². The predicted octanol–water partition coefficient (Wildman–Crippen LogP) is 1.33. The lowest BCUT2D eigenvalue weighted by atomic mass is 9.85. The topological polar surface area (TPSA) is 15.3 Å². The molecule has 3 atom stereocenters. The number of hydrogen-bond acceptors (Lipinski definition) is 2. The summed E-state index contributed by atoms with van der Waals surface area (Å²) in [5.41, 5.74) is 0. The number of rotatable bonds is 1. The van der Waals surface area contributed by atoms with Gasteiger partial charge in [0.2, 0.25) is 0 Å². The molecule has 0 spiro atoms. The van der Waals surface area contributed by atoms with Crippen LogP contribution in [0.1, 0.15) is 25.7 Å². The summed E-state index contributed by atoms with van der Waals surface area (Å²) in [6, 6.07) is 0.868. The molecule has 14 heavy (non-hydrogen) atoms. The molecular formula is C12H22N2. The Morgan fingerprint density at radius 1 is 1.07 bits per heavy atom. The zero-order chi connectivity index (χ0) is 9.54. The van der Waals surface area contributed by atoms with Gasteiger partial charge in [-0.1, -0.05) is 12.8 Å². The van der Waals surface area contributed by atoms with E-state index in [2.05, 4.69) is 17.3 Å². The second-order valence-electron chi connectivity index (χ2n) is 5.62. The van der Waals surface area contributed by atoms with Crippen molar-refractivity contribution in [2.75, 3.05) is 26.7 Å². The molecule has 0 aromatic rings. The van der Waals surface area contributed by atoms with Crippen LogP contribution in [0.15, 0.2) is 0 Å². The summed E-state index contributed by atoms with van der Waals surface area (Å²) in [4.78, 5) is 2.53. The summed E-state index contributed by atoms with van der Waals surface area (Å²) in [7, 11) is 2.28. The third kappa shape index (κ3) is 1.40. The molecule has 2 heteroatoms. The van der Waals surface area contributed by atoms with E-state index in [1.807, 2.05) is 0 Å². The molecule has 0 bridgehead atoms. The maximum atomic E-state index is 3.79. The normalized spacial score (nSPS) is 44.8. The SMILES string of the molecule is CN1C[C@@H]2CN[C@@H](C3CCCC3)[C@@H]2C1. The highest BCUT2D eigenvalue weighted by Gasteiger charge is 2.44. The van der Waals surface area contributed by atoms with Gasteiger partial charge in [0.05, 0.1) is 0 Å². The van der Waals surface area contributed by atoms with Crippen LogP contribution in [0.4, 0.5) is 0 Å². The minimum absolute atomic E-state index is 0.868. The Morgan fingerprint density at radius 2 is 1.86 bits per heavy atom. The first-order chi connectivity index (χ1) is 6.84. The molecule has 0 amide bonds. The summed E-state index contributed by atoms with van der Waals surface area (Å²) >= 11 is 0. The first kappa shape index (κ1) is 9.17. The van der Waals surface area contributed by atoms with E-state index in [-0.39, 0.29) is 0 Å². The molecule has 2 heterocycles. The molecule has 0 aromatic heterocycles. The minimum atomic E-state index is 0.868. The summed E-state index contributed by atoms with van der Waals surface area (Å²) in [6.07, 6.45) is 5.95. The highest BCUT2D eigenvalue weighted by molar-refractivity contribution is 5.00. The Labute approximate surface area is 87.0 Å². The van der Waals surface area contributed by atoms with Gasteiger partial charge in [-0.3, -0.25) is 0 Å². The smallest absolute Gasteiger partial charge is 0.0139 e. The Hall–Kier alpha value is -0.0800. The molecule has 1 saturated carbocycles. The van der Waals surface area contributed by atoms with Crippen LogP contribution in [0.3, 0.4) is 0 Å². The van der Waals surface area contributed by atoms with Crippen molar-refractivity contribution in [3.05, 3.63) is 0 Å². The fraction of sp³-hybridized carbons (Fsp3) is 1.00. The van der Waals surface area contributed by atoms with E-state index in [0.29, 0.717) is 0 Å². The molecule has 1 aliphatic carbocycles. The second-order valence-corrected chi connectivity index (χ2v) is 5.62. The average molecular weight is 194 g/mol. The molecule has 3 aliphatic rings. The van der Waals surface area contributed by atoms with Gasteiger partial charge in [0.1, 0.15) is 0 Å². The van der Waals surface area contributed by atoms with E-state index in [9.17, 15) is 0 Å². The molecule has 0 aromatic carbocycles. The molecule has 3 fully saturated rings. The van der Waals surface area contributed by atoms with Gasteiger partial charge in [0.15, 0.2) is 0 Å². The van der Waals surface area contributed by atoms with Gasteiger partial charge in [-0.2, -0.15) is 0 Å². The van der Waals surface area contributed by atoms with Crippen molar-refractivity contribution in [2.24, 2.45) is 17.8 Å². The minimum Gasteiger partial charge on any atom is -0.313 e. The molecule has 2 saturated heterocycles. The lowest BCUT2D eigenvalue weighted by Crippen LogP contribution is -2.36. The van der Waals surface area contributed by atoms with Crippen LogP contribution in [0, 0.1) is 17.8 Å². The van der Waals surface area contributed by atoms with Crippen molar-refractivity contribution in [1.82, 2.24) is 10.2 Å². The van der Waals surface area contributed by atoms with E-state index in [0.717, 1.165) is 23.8 Å². The fourth-order valence-electron chi connectivity index (χ4n) is 4.01. The van der Waals surface area contributed by atoms with Crippen LogP contribution in [0.25, 0.3) is 0 Å². The quantitative estimate of drug-likeness (QED) is 0.677. The van der Waals surface area contributed by atoms with Gasteiger partial charge in [-0.05, 0) is 44.2 Å². The van der Waals surface area contributed by atoms with E-state index >= 15 is 0 Å². The van der Waals surface area contributed by atoms with Gasteiger partial charge < -0.3 is 10.2 Å². The summed E-state index contributed by atoms with van der Waals surface area (Å²) in [6.45, 7) is 3.97. The lowest BCUT2D eigenvalue weighted by molar-refractivity contribution is 0.293. The van der Waals surface area contributed by atoms with Crippen molar-refractivity contribution in [1.29, 1.82) is 0 Å². The van der Waals surface area contributed by atoms with Crippen LogP contribution < -0.4 is 5.32 Å². The first-order valence-corrected chi connectivity index (χ1v) is 6.26. The van der Waals surface area contributed by atoms with Crippen molar-refractivity contribution in [2.45, 2.75) is 31.7 Å². The summed E-state index contributed by atoms with van der Waals surface area (Å²) in [5.74, 6) is 2.95. The Balaban J connectivity index is 1.69. The van der Waals surface area contributed by atoms with E-state index in [4.69, 9.17) is 0 Å². The monoisotopic (exact) mass is 194 g/mol. The maximum absolute atomic E-state index is 3.79. The van der Waals surface area contributed by atoms with Gasteiger partial charge in [0, 0.05) is 19.1 Å². The molecule has 1 N–H and O–H groups in total. The maximum Gasteiger partial charge on any atom is 0.0139 e. The van der Waals surface area contributed by atoms with Gasteiger partial charge >= 0.3 is 0 Å². The lowest BCUT2D eigenvalue weighted by Gasteiger charge is -2.25. The number of fused-ring (bicyclic) bond motifs is 1. The summed E-state index contributed by atoms with van der Waals surface area (Å²) in [5, 5.41) is 3.79. The van der Waals surface area contributed by atoms with E-state index in [1.54, 1.807) is 0 Å². The van der Waals surface area contributed by atoms with Crippen LogP contribution in [0.5, 0.6) is 0 Å². The van der Waals surface area contributed by atoms with Crippen molar-refractivity contribution < 1.29 is 0 Å². The standard InChI is InChI=1S/C12H22N2/c1-14-7-10-6-13-12(11(10)8-14)9-4-2-3-5-9/h9-13H,2-8H2,1H3/t10-,11+,12-/m0/s1. The van der Waals surface area contributed by atoms with Crippen molar-refractivity contribution in [3.8, 4) is 0 Å². The highest BCUT2D eigenvalue weighted by Crippen LogP contribution is 2.39. The molecular weight excluding hydrogens is 172 g/mol. The Bertz CT molecular complexity index is 210. The third-order valence-corrected chi connectivity index (χ3v) is 4.66. The predicted molar refractivity (Wildman–Crippen MR) is 58.2 cm³/mol. The van der Waals surface area contributed by atoms with E-state index < -0.39 is 0 Å². The number of nitrogens with zero attached hydrogens (tertiary/aromatic N) is 1. The zero-order valence-electron chi connectivity index (χ0n) is 9.21. The van der Waals surface area contributed by atoms with Gasteiger partial charge in [-0.15, -0.1) is 0 Å². The molecule has 80 valence electrons. The second kappa shape index (κ2) is 3.49. The zero-order valence-corrected chi connectivity index (χ0v) is 9.21. The van der Waals surface area contributed by atoms with Gasteiger partial charge in [0.25, 0.3) is 0 Å². The van der Waals surface area contributed by atoms with Crippen molar-refractivity contribution in [3.63, 3.8) is 0 Å². The average Bonchev–Trinajstić information content (AvgIpc) is 2.77. The molecule has 2 nitrogen and oxygen atoms in total. The Kier molecular flexibility index (Phi) is 2.29. The molecule has 0 radical (unpaired) electrons. The molecule has 2 aliphatic heterocycles. The highest BCUT2D eigenvalue weighted by atomic mass is 15.2. The third-order valence-electron chi connectivity index (χ3n) is 4.66. The van der Waals surface area contributed by atoms with Crippen LogP contribution in [0.2, 0.25) is 0 Å². The number of nitrogens with one attached hydrogen (secondary N) is 1. The largest absolute Gasteiger partial charge is 0.313 e. The number of hydrogen-bond donors (Lipinski definition) is 1. The van der Waals surface area contributed by atoms with Crippen LogP contribution in [-0.4, -0.2) is 37.6 Å². The fourth-order valence-corrected chi connectivity index (χ4v) is 4.01. The van der Waals surface area contributed by atoms with Gasteiger partial charge in [-0.25, -0.2) is 0 Å². The molecule has 0 unspecified atom stereocenters. The first-order valence-electron chi connectivity index (χ1n) is 6.26. The number of likely N-dealkylation sites (tertiary alicyclic amines) is 1. The van der Waals surface area contributed by atoms with Crippen LogP contribution in [-0.2, 0) is 0 Å². The van der Waals surface area contributed by atoms with Crippen molar-refractivity contribution >= 4 is 0 Å². The van der Waals surface area contributed by atoms with E-state index in [1.165, 1.54) is 45.3 Å². The summed E-state index contributed by atoms with van der Waals surface area (Å²) < 4.78 is 0.